The fourth-order valence-electron chi connectivity index (χ4n) is 1.32. The van der Waals surface area contributed by atoms with E-state index >= 15 is 0 Å². The Morgan fingerprint density at radius 1 is 1.62 bits per heavy atom. The van der Waals surface area contributed by atoms with E-state index in [-0.39, 0.29) is 0 Å². The summed E-state index contributed by atoms with van der Waals surface area (Å²) in [6, 6.07) is 0. The second-order valence-corrected chi connectivity index (χ2v) is 5.06. The molecule has 0 aromatic rings. The van der Waals surface area contributed by atoms with Gasteiger partial charge in [0.15, 0.2) is 11.4 Å². The molecule has 2 N–H and O–H groups in total. The van der Waals surface area contributed by atoms with E-state index in [1.165, 1.54) is 30.6 Å². The summed E-state index contributed by atoms with van der Waals surface area (Å²) in [4.78, 5) is 19.9. The van der Waals surface area contributed by atoms with Gasteiger partial charge in [-0.2, -0.15) is 0 Å². The van der Waals surface area contributed by atoms with Crippen LogP contribution in [0.15, 0.2) is 9.98 Å². The average Bonchev–Trinajstić information content (AvgIpc) is 2.27. The Morgan fingerprint density at radius 2 is 2.31 bits per heavy atom. The number of nitrogens with zero attached hydrogens (tertiary/aromatic N) is 2. The van der Waals surface area contributed by atoms with Gasteiger partial charge >= 0.3 is 0 Å². The van der Waals surface area contributed by atoms with E-state index in [1.807, 2.05) is 13.2 Å². The Hall–Kier alpha value is -0.530. The van der Waals surface area contributed by atoms with Gasteiger partial charge in [0.05, 0.1) is 5.04 Å². The molecule has 0 radical (unpaired) electrons. The van der Waals surface area contributed by atoms with Crippen molar-refractivity contribution < 1.29 is 9.53 Å². The lowest BCUT2D eigenvalue weighted by Gasteiger charge is -2.24. The number of aliphatic imine (C=N–C) groups is 2. The molecule has 0 bridgehead atoms. The highest BCUT2D eigenvalue weighted by molar-refractivity contribution is 8.15. The molecule has 1 heterocycles. The standard InChI is InChI=1S/C9H15N3O2S2/c1-4-16-9-11-7(14-2)5(6(10)13)8(12-9)15-3/h5,7H,4H2,1-3H3,(H2,10,13). The normalized spacial score (nSPS) is 24.9. The van der Waals surface area contributed by atoms with Crippen LogP contribution in [0.5, 0.6) is 0 Å². The lowest BCUT2D eigenvalue weighted by Crippen LogP contribution is -2.41. The Bertz CT molecular complexity index is 331. The summed E-state index contributed by atoms with van der Waals surface area (Å²) in [5.74, 6) is -0.146. The number of nitrogens with two attached hydrogens (primary N) is 1. The van der Waals surface area contributed by atoms with Gasteiger partial charge in [-0.05, 0) is 12.0 Å². The maximum atomic E-state index is 11.3. The third-order valence-electron chi connectivity index (χ3n) is 2.03. The van der Waals surface area contributed by atoms with Crippen LogP contribution in [-0.2, 0) is 9.53 Å². The number of thioether (sulfide) groups is 2. The molecule has 0 aromatic heterocycles. The van der Waals surface area contributed by atoms with Crippen LogP contribution in [0, 0.1) is 5.92 Å². The maximum absolute atomic E-state index is 11.3. The first-order valence-electron chi connectivity index (χ1n) is 4.79. The predicted octanol–water partition coefficient (Wildman–Crippen LogP) is 0.945. The second-order valence-electron chi connectivity index (χ2n) is 3.01. The molecular weight excluding hydrogens is 246 g/mol. The number of amidine groups is 1. The van der Waals surface area contributed by atoms with E-state index in [2.05, 4.69) is 9.98 Å². The van der Waals surface area contributed by atoms with Gasteiger partial charge < -0.3 is 10.5 Å². The monoisotopic (exact) mass is 261 g/mol. The SMILES string of the molecule is CCSC1=NC(OC)C(C(N)=O)C(SC)=N1. The molecule has 90 valence electrons. The molecular formula is C9H15N3O2S2. The van der Waals surface area contributed by atoms with Crippen LogP contribution in [0.4, 0.5) is 0 Å². The minimum absolute atomic E-state index is 0.454. The summed E-state index contributed by atoms with van der Waals surface area (Å²) in [5, 5.41) is 1.32. The van der Waals surface area contributed by atoms with E-state index < -0.39 is 18.1 Å². The lowest BCUT2D eigenvalue weighted by molar-refractivity contribution is -0.122. The average molecular weight is 261 g/mol. The minimum Gasteiger partial charge on any atom is -0.369 e. The molecule has 0 fully saturated rings. The molecule has 7 heteroatoms. The summed E-state index contributed by atoms with van der Waals surface area (Å²) in [5.41, 5.74) is 5.33. The Kier molecular flexibility index (Phi) is 5.30. The number of carbonyl (C=O) groups excluding carboxylic acids is 1. The van der Waals surface area contributed by atoms with Crippen molar-refractivity contribution in [2.45, 2.75) is 13.2 Å². The van der Waals surface area contributed by atoms with Crippen LogP contribution >= 0.6 is 23.5 Å². The largest absolute Gasteiger partial charge is 0.369 e. The van der Waals surface area contributed by atoms with Gasteiger partial charge in [-0.3, -0.25) is 4.79 Å². The first-order valence-corrected chi connectivity index (χ1v) is 7.00. The number of amides is 1. The highest BCUT2D eigenvalue weighted by Gasteiger charge is 2.34. The van der Waals surface area contributed by atoms with Crippen LogP contribution in [0.3, 0.4) is 0 Å². The summed E-state index contributed by atoms with van der Waals surface area (Å²) >= 11 is 2.93. The van der Waals surface area contributed by atoms with Crippen LogP contribution < -0.4 is 5.73 Å². The van der Waals surface area contributed by atoms with Gasteiger partial charge in [0.2, 0.25) is 5.91 Å². The van der Waals surface area contributed by atoms with Crippen molar-refractivity contribution in [1.29, 1.82) is 0 Å². The number of hydrogen-bond donors (Lipinski definition) is 1. The smallest absolute Gasteiger partial charge is 0.231 e. The lowest BCUT2D eigenvalue weighted by atomic mass is 10.1. The van der Waals surface area contributed by atoms with Gasteiger partial charge in [0.25, 0.3) is 0 Å². The zero-order valence-electron chi connectivity index (χ0n) is 9.47. The van der Waals surface area contributed by atoms with Crippen molar-refractivity contribution >= 4 is 39.6 Å². The van der Waals surface area contributed by atoms with Gasteiger partial charge in [0.1, 0.15) is 5.92 Å². The quantitative estimate of drug-likeness (QED) is 0.820. The molecule has 0 saturated heterocycles. The zero-order valence-corrected chi connectivity index (χ0v) is 11.1. The first-order chi connectivity index (χ1) is 7.63. The first kappa shape index (κ1) is 13.5. The predicted molar refractivity (Wildman–Crippen MR) is 70.0 cm³/mol. The van der Waals surface area contributed by atoms with Gasteiger partial charge in [0, 0.05) is 7.11 Å². The number of hydrogen-bond acceptors (Lipinski definition) is 6. The summed E-state index contributed by atoms with van der Waals surface area (Å²) in [6.07, 6.45) is 1.31. The molecule has 1 amide bonds. The van der Waals surface area contributed by atoms with E-state index in [4.69, 9.17) is 10.5 Å². The van der Waals surface area contributed by atoms with Crippen LogP contribution in [0.2, 0.25) is 0 Å². The van der Waals surface area contributed by atoms with E-state index in [1.54, 1.807) is 0 Å². The van der Waals surface area contributed by atoms with Crippen LogP contribution in [0.25, 0.3) is 0 Å². The number of primary amides is 1. The van der Waals surface area contributed by atoms with Crippen LogP contribution in [0.1, 0.15) is 6.92 Å². The number of methoxy groups -OCH3 is 1. The molecule has 1 rings (SSSR count). The van der Waals surface area contributed by atoms with E-state index in [9.17, 15) is 4.79 Å². The highest BCUT2D eigenvalue weighted by atomic mass is 32.2. The van der Waals surface area contributed by atoms with Crippen molar-refractivity contribution in [2.24, 2.45) is 21.6 Å². The maximum Gasteiger partial charge on any atom is 0.231 e. The molecule has 0 aromatic carbocycles. The highest BCUT2D eigenvalue weighted by Crippen LogP contribution is 2.25. The molecule has 0 saturated carbocycles. The topological polar surface area (TPSA) is 77.0 Å². The van der Waals surface area contributed by atoms with E-state index in [0.29, 0.717) is 10.2 Å². The van der Waals surface area contributed by atoms with Crippen molar-refractivity contribution in [3.05, 3.63) is 0 Å². The fraction of sp³-hybridized carbons (Fsp3) is 0.667. The summed E-state index contributed by atoms with van der Waals surface area (Å²) in [6.45, 7) is 2.02. The summed E-state index contributed by atoms with van der Waals surface area (Å²) < 4.78 is 5.18. The Morgan fingerprint density at radius 3 is 2.75 bits per heavy atom. The molecule has 5 nitrogen and oxygen atoms in total. The summed E-state index contributed by atoms with van der Waals surface area (Å²) in [7, 11) is 1.52. The van der Waals surface area contributed by atoms with Crippen molar-refractivity contribution in [3.63, 3.8) is 0 Å². The van der Waals surface area contributed by atoms with Crippen molar-refractivity contribution in [3.8, 4) is 0 Å². The van der Waals surface area contributed by atoms with Crippen molar-refractivity contribution in [1.82, 2.24) is 0 Å². The minimum atomic E-state index is -0.568. The third-order valence-corrected chi connectivity index (χ3v) is 3.53. The molecule has 2 unspecified atom stereocenters. The zero-order chi connectivity index (χ0) is 12.1. The fourth-order valence-corrected chi connectivity index (χ4v) is 2.64. The number of carbonyl (C=O) groups is 1. The van der Waals surface area contributed by atoms with Crippen molar-refractivity contribution in [2.75, 3.05) is 19.1 Å². The molecule has 2 atom stereocenters. The van der Waals surface area contributed by atoms with E-state index in [0.717, 1.165) is 5.75 Å². The Balaban J connectivity index is 2.98. The molecule has 0 aliphatic carbocycles. The molecule has 1 aliphatic heterocycles. The van der Waals surface area contributed by atoms with Gasteiger partial charge in [-0.15, -0.1) is 11.8 Å². The second kappa shape index (κ2) is 6.27. The molecule has 0 spiro atoms. The number of rotatable bonds is 3. The Labute approximate surface area is 103 Å². The number of ether oxygens (including phenoxy) is 1. The van der Waals surface area contributed by atoms with Gasteiger partial charge in [-0.25, -0.2) is 9.98 Å². The third kappa shape index (κ3) is 2.99. The molecule has 1 aliphatic rings. The molecule has 16 heavy (non-hydrogen) atoms. The van der Waals surface area contributed by atoms with Gasteiger partial charge in [-0.1, -0.05) is 18.7 Å². The van der Waals surface area contributed by atoms with Crippen LogP contribution in [-0.4, -0.2) is 41.5 Å².